The Hall–Kier alpha value is -2.00. The summed E-state index contributed by atoms with van der Waals surface area (Å²) in [6.45, 7) is 3.21. The average Bonchev–Trinajstić information content (AvgIpc) is 3.03. The molecule has 1 heterocycles. The van der Waals surface area contributed by atoms with Crippen LogP contribution in [0.4, 0.5) is 0 Å². The van der Waals surface area contributed by atoms with Crippen molar-refractivity contribution in [3.8, 4) is 11.5 Å². The summed E-state index contributed by atoms with van der Waals surface area (Å²) in [6, 6.07) is 16.8. The van der Waals surface area contributed by atoms with E-state index in [0.29, 0.717) is 5.92 Å². The molecular formula is C19H23NO2. The molecule has 3 heteroatoms. The zero-order chi connectivity index (χ0) is 15.4. The Kier molecular flexibility index (Phi) is 4.64. The van der Waals surface area contributed by atoms with Gasteiger partial charge in [0, 0.05) is 24.6 Å². The Morgan fingerprint density at radius 1 is 1.05 bits per heavy atom. The molecule has 0 aliphatic carbocycles. The van der Waals surface area contributed by atoms with Crippen LogP contribution in [0.2, 0.25) is 0 Å². The van der Waals surface area contributed by atoms with Gasteiger partial charge in [0.1, 0.15) is 11.5 Å². The van der Waals surface area contributed by atoms with Crippen LogP contribution in [0.1, 0.15) is 23.5 Å². The van der Waals surface area contributed by atoms with Gasteiger partial charge in [-0.1, -0.05) is 30.3 Å². The summed E-state index contributed by atoms with van der Waals surface area (Å²) in [5.74, 6) is 2.37. The van der Waals surface area contributed by atoms with E-state index in [1.165, 1.54) is 11.1 Å². The minimum absolute atomic E-state index is 0.508. The SMILES string of the molecule is COc1ccc(OC)c(C2CCN(Cc3ccccc3)C2)c1. The molecule has 1 aliphatic rings. The molecule has 1 aliphatic heterocycles. The van der Waals surface area contributed by atoms with Gasteiger partial charge in [0.2, 0.25) is 0 Å². The average molecular weight is 297 g/mol. The van der Waals surface area contributed by atoms with Crippen molar-refractivity contribution in [3.63, 3.8) is 0 Å². The van der Waals surface area contributed by atoms with Gasteiger partial charge in [0.25, 0.3) is 0 Å². The summed E-state index contributed by atoms with van der Waals surface area (Å²) in [7, 11) is 3.45. The predicted molar refractivity (Wildman–Crippen MR) is 88.6 cm³/mol. The van der Waals surface area contributed by atoms with E-state index in [2.05, 4.69) is 41.3 Å². The molecule has 0 radical (unpaired) electrons. The van der Waals surface area contributed by atoms with E-state index >= 15 is 0 Å². The normalized spacial score (nSPS) is 18.4. The fourth-order valence-corrected chi connectivity index (χ4v) is 3.23. The lowest BCUT2D eigenvalue weighted by Crippen LogP contribution is -2.19. The largest absolute Gasteiger partial charge is 0.497 e. The molecular weight excluding hydrogens is 274 g/mol. The molecule has 0 saturated carbocycles. The first-order valence-corrected chi connectivity index (χ1v) is 7.78. The van der Waals surface area contributed by atoms with E-state index in [1.807, 2.05) is 12.1 Å². The third kappa shape index (κ3) is 3.25. The monoisotopic (exact) mass is 297 g/mol. The highest BCUT2D eigenvalue weighted by molar-refractivity contribution is 5.43. The lowest BCUT2D eigenvalue weighted by Gasteiger charge is -2.18. The van der Waals surface area contributed by atoms with Crippen molar-refractivity contribution in [1.29, 1.82) is 0 Å². The van der Waals surface area contributed by atoms with Crippen LogP contribution in [0.25, 0.3) is 0 Å². The molecule has 2 aromatic carbocycles. The van der Waals surface area contributed by atoms with Gasteiger partial charge in [0.15, 0.2) is 0 Å². The van der Waals surface area contributed by atoms with Crippen molar-refractivity contribution in [3.05, 3.63) is 59.7 Å². The number of nitrogens with zero attached hydrogens (tertiary/aromatic N) is 1. The Bertz CT molecular complexity index is 612. The summed E-state index contributed by atoms with van der Waals surface area (Å²) in [4.78, 5) is 2.51. The maximum absolute atomic E-state index is 5.54. The van der Waals surface area contributed by atoms with Crippen LogP contribution in [0.5, 0.6) is 11.5 Å². The Morgan fingerprint density at radius 2 is 1.86 bits per heavy atom. The van der Waals surface area contributed by atoms with Gasteiger partial charge in [-0.2, -0.15) is 0 Å². The molecule has 0 bridgehead atoms. The predicted octanol–water partition coefficient (Wildman–Crippen LogP) is 3.69. The van der Waals surface area contributed by atoms with Crippen molar-refractivity contribution in [1.82, 2.24) is 4.90 Å². The van der Waals surface area contributed by atoms with Crippen LogP contribution >= 0.6 is 0 Å². The van der Waals surface area contributed by atoms with Crippen LogP contribution < -0.4 is 9.47 Å². The molecule has 116 valence electrons. The number of likely N-dealkylation sites (tertiary alicyclic amines) is 1. The molecule has 0 amide bonds. The molecule has 1 atom stereocenters. The van der Waals surface area contributed by atoms with Crippen molar-refractivity contribution in [2.45, 2.75) is 18.9 Å². The number of methoxy groups -OCH3 is 2. The van der Waals surface area contributed by atoms with Gasteiger partial charge >= 0.3 is 0 Å². The molecule has 3 rings (SSSR count). The molecule has 1 unspecified atom stereocenters. The summed E-state index contributed by atoms with van der Waals surface area (Å²) in [5.41, 5.74) is 2.64. The van der Waals surface area contributed by atoms with Gasteiger partial charge in [0.05, 0.1) is 14.2 Å². The van der Waals surface area contributed by atoms with Gasteiger partial charge in [-0.3, -0.25) is 4.90 Å². The Labute approximate surface area is 132 Å². The first kappa shape index (κ1) is 14.9. The first-order chi connectivity index (χ1) is 10.8. The second-order valence-corrected chi connectivity index (χ2v) is 5.81. The lowest BCUT2D eigenvalue weighted by molar-refractivity contribution is 0.325. The standard InChI is InChI=1S/C19H23NO2/c1-21-17-8-9-19(22-2)18(12-17)16-10-11-20(14-16)13-15-6-4-3-5-7-15/h3-9,12,16H,10-11,13-14H2,1-2H3. The van der Waals surface area contributed by atoms with Crippen LogP contribution in [0.15, 0.2) is 48.5 Å². The minimum atomic E-state index is 0.508. The van der Waals surface area contributed by atoms with Crippen molar-refractivity contribution >= 4 is 0 Å². The molecule has 2 aromatic rings. The quantitative estimate of drug-likeness (QED) is 0.840. The highest BCUT2D eigenvalue weighted by Gasteiger charge is 2.26. The van der Waals surface area contributed by atoms with E-state index in [9.17, 15) is 0 Å². The summed E-state index contributed by atoms with van der Waals surface area (Å²) < 4.78 is 10.9. The number of hydrogen-bond acceptors (Lipinski definition) is 3. The van der Waals surface area contributed by atoms with Crippen molar-refractivity contribution in [2.24, 2.45) is 0 Å². The molecule has 1 saturated heterocycles. The summed E-state index contributed by atoms with van der Waals surface area (Å²) in [5, 5.41) is 0. The Balaban J connectivity index is 1.72. The van der Waals surface area contributed by atoms with Gasteiger partial charge in [-0.05, 0) is 36.7 Å². The van der Waals surface area contributed by atoms with Gasteiger partial charge in [-0.15, -0.1) is 0 Å². The second kappa shape index (κ2) is 6.84. The highest BCUT2D eigenvalue weighted by atomic mass is 16.5. The van der Waals surface area contributed by atoms with Crippen LogP contribution in [0, 0.1) is 0 Å². The molecule has 0 N–H and O–H groups in total. The summed E-state index contributed by atoms with van der Waals surface area (Å²) in [6.07, 6.45) is 1.16. The molecule has 3 nitrogen and oxygen atoms in total. The summed E-state index contributed by atoms with van der Waals surface area (Å²) >= 11 is 0. The van der Waals surface area contributed by atoms with E-state index in [1.54, 1.807) is 14.2 Å². The minimum Gasteiger partial charge on any atom is -0.497 e. The van der Waals surface area contributed by atoms with Gasteiger partial charge in [-0.25, -0.2) is 0 Å². The third-order valence-corrected chi connectivity index (χ3v) is 4.40. The number of hydrogen-bond donors (Lipinski definition) is 0. The maximum Gasteiger partial charge on any atom is 0.122 e. The van der Waals surface area contributed by atoms with Crippen molar-refractivity contribution in [2.75, 3.05) is 27.3 Å². The molecule has 1 fully saturated rings. The zero-order valence-electron chi connectivity index (χ0n) is 13.3. The number of ether oxygens (including phenoxy) is 2. The fraction of sp³-hybridized carbons (Fsp3) is 0.368. The topological polar surface area (TPSA) is 21.7 Å². The third-order valence-electron chi connectivity index (χ3n) is 4.40. The van der Waals surface area contributed by atoms with E-state index in [4.69, 9.17) is 9.47 Å². The number of benzene rings is 2. The highest BCUT2D eigenvalue weighted by Crippen LogP contribution is 2.36. The van der Waals surface area contributed by atoms with E-state index in [0.717, 1.165) is 37.6 Å². The fourth-order valence-electron chi connectivity index (χ4n) is 3.23. The van der Waals surface area contributed by atoms with Crippen LogP contribution in [-0.2, 0) is 6.54 Å². The van der Waals surface area contributed by atoms with E-state index in [-0.39, 0.29) is 0 Å². The van der Waals surface area contributed by atoms with Crippen LogP contribution in [0.3, 0.4) is 0 Å². The zero-order valence-corrected chi connectivity index (χ0v) is 13.3. The molecule has 0 spiro atoms. The first-order valence-electron chi connectivity index (χ1n) is 7.78. The smallest absolute Gasteiger partial charge is 0.122 e. The second-order valence-electron chi connectivity index (χ2n) is 5.81. The van der Waals surface area contributed by atoms with E-state index < -0.39 is 0 Å². The lowest BCUT2D eigenvalue weighted by atomic mass is 9.97. The van der Waals surface area contributed by atoms with Crippen LogP contribution in [-0.4, -0.2) is 32.2 Å². The maximum atomic E-state index is 5.54. The number of rotatable bonds is 5. The van der Waals surface area contributed by atoms with Gasteiger partial charge < -0.3 is 9.47 Å². The van der Waals surface area contributed by atoms with Crippen molar-refractivity contribution < 1.29 is 9.47 Å². The molecule has 22 heavy (non-hydrogen) atoms. The molecule has 0 aromatic heterocycles. The Morgan fingerprint density at radius 3 is 2.59 bits per heavy atom.